The van der Waals surface area contributed by atoms with Crippen molar-refractivity contribution in [3.63, 3.8) is 0 Å². The van der Waals surface area contributed by atoms with Crippen LogP contribution in [0.5, 0.6) is 0 Å². The Morgan fingerprint density at radius 3 is 1.15 bits per heavy atom. The lowest BCUT2D eigenvalue weighted by Crippen LogP contribution is -1.94. The van der Waals surface area contributed by atoms with Crippen LogP contribution in [0.3, 0.4) is 0 Å². The summed E-state index contributed by atoms with van der Waals surface area (Å²) < 4.78 is 0. The highest BCUT2D eigenvalue weighted by Crippen LogP contribution is 2.47. The Morgan fingerprint density at radius 1 is 0.333 bits per heavy atom. The van der Waals surface area contributed by atoms with E-state index < -0.39 is 0 Å². The second-order valence-electron chi connectivity index (χ2n) is 14.0. The summed E-state index contributed by atoms with van der Waals surface area (Å²) in [5.41, 5.74) is 14.6. The van der Waals surface area contributed by atoms with Gasteiger partial charge in [0.2, 0.25) is 0 Å². The molecular weight excluding hydrogens is 649 g/mol. The molecule has 9 rings (SSSR count). The van der Waals surface area contributed by atoms with Crippen molar-refractivity contribution in [1.82, 2.24) is 0 Å². The predicted molar refractivity (Wildman–Crippen MR) is 235 cm³/mol. The summed E-state index contributed by atoms with van der Waals surface area (Å²) in [6, 6.07) is 69.2. The monoisotopic (exact) mass is 688 g/mol. The highest BCUT2D eigenvalue weighted by Gasteiger charge is 2.20. The van der Waals surface area contributed by atoms with Crippen LogP contribution in [-0.4, -0.2) is 0 Å². The van der Waals surface area contributed by atoms with Crippen LogP contribution in [0.25, 0.3) is 93.5 Å². The van der Waals surface area contributed by atoms with Gasteiger partial charge >= 0.3 is 0 Å². The quantitative estimate of drug-likeness (QED) is 0.115. The Morgan fingerprint density at radius 2 is 0.704 bits per heavy atom. The van der Waals surface area contributed by atoms with Gasteiger partial charge in [-0.25, -0.2) is 0 Å². The van der Waals surface area contributed by atoms with Crippen molar-refractivity contribution in [1.29, 1.82) is 0 Å². The lowest BCUT2D eigenvalue weighted by molar-refractivity contribution is 1.55. The van der Waals surface area contributed by atoms with Crippen molar-refractivity contribution >= 4 is 37.9 Å². The summed E-state index contributed by atoms with van der Waals surface area (Å²) in [6.07, 6.45) is 6.55. The van der Waals surface area contributed by atoms with Gasteiger partial charge in [0, 0.05) is 0 Å². The van der Waals surface area contributed by atoms with E-state index in [2.05, 4.69) is 220 Å². The molecule has 0 saturated heterocycles. The molecule has 0 N–H and O–H groups in total. The summed E-state index contributed by atoms with van der Waals surface area (Å²) >= 11 is 0. The molecule has 54 heavy (non-hydrogen) atoms. The van der Waals surface area contributed by atoms with Crippen molar-refractivity contribution in [3.8, 4) is 55.6 Å². The zero-order valence-electron chi connectivity index (χ0n) is 30.6. The normalized spacial score (nSPS) is 11.9. The smallest absolute Gasteiger partial charge is 0.00257 e. The third-order valence-electron chi connectivity index (χ3n) is 10.6. The number of hydrogen-bond acceptors (Lipinski definition) is 0. The minimum atomic E-state index is 1.21. The molecule has 0 nitrogen and oxygen atoms in total. The van der Waals surface area contributed by atoms with Crippen molar-refractivity contribution in [2.75, 3.05) is 0 Å². The van der Waals surface area contributed by atoms with Crippen LogP contribution in [0.2, 0.25) is 0 Å². The standard InChI is InChI=1S/C54H40/c1-3-18-37(4-2)43-29-44(38-19-8-5-9-20-38)32-47(31-43)53-49-27-16-17-28-50(49)54(52-36-42-26-15-14-25-41(42)35-51(52)53)48-33-45(39-21-10-6-11-22-39)30-46(34-48)40-23-12-7-13-24-40/h3-36H,1-2H3/b18-3-,37-4+. The maximum atomic E-state index is 2.42. The van der Waals surface area contributed by atoms with Crippen LogP contribution in [0.15, 0.2) is 206 Å². The molecule has 0 radical (unpaired) electrons. The number of fused-ring (bicyclic) bond motifs is 3. The topological polar surface area (TPSA) is 0 Å². The molecule has 0 aliphatic carbocycles. The van der Waals surface area contributed by atoms with Gasteiger partial charge in [0.05, 0.1) is 0 Å². The summed E-state index contributed by atoms with van der Waals surface area (Å²) in [6.45, 7) is 4.22. The molecule has 9 aromatic carbocycles. The zero-order chi connectivity index (χ0) is 36.4. The molecule has 0 saturated carbocycles. The molecule has 0 bridgehead atoms. The SMILES string of the molecule is C/C=C\C(=C/C)c1cc(-c2ccccc2)cc(-c2c3ccccc3c(-c3cc(-c4ccccc4)cc(-c4ccccc4)c3)c3cc4ccccc4cc23)c1. The third-order valence-corrected chi connectivity index (χ3v) is 10.6. The van der Waals surface area contributed by atoms with Crippen molar-refractivity contribution in [2.24, 2.45) is 0 Å². The first kappa shape index (κ1) is 33.1. The second kappa shape index (κ2) is 14.3. The number of rotatable bonds is 7. The summed E-state index contributed by atoms with van der Waals surface area (Å²) in [5.74, 6) is 0. The van der Waals surface area contributed by atoms with Crippen LogP contribution in [0.1, 0.15) is 19.4 Å². The van der Waals surface area contributed by atoms with E-state index in [1.807, 2.05) is 0 Å². The fourth-order valence-corrected chi connectivity index (χ4v) is 8.13. The second-order valence-corrected chi connectivity index (χ2v) is 14.0. The first-order valence-corrected chi connectivity index (χ1v) is 18.8. The van der Waals surface area contributed by atoms with Crippen LogP contribution >= 0.6 is 0 Å². The van der Waals surface area contributed by atoms with Gasteiger partial charge in [-0.3, -0.25) is 0 Å². The average Bonchev–Trinajstić information content (AvgIpc) is 3.24. The van der Waals surface area contributed by atoms with Gasteiger partial charge in [-0.05, 0) is 161 Å². The molecule has 0 aromatic heterocycles. The van der Waals surface area contributed by atoms with E-state index in [9.17, 15) is 0 Å². The molecule has 9 aromatic rings. The molecule has 0 aliphatic heterocycles. The van der Waals surface area contributed by atoms with E-state index in [0.29, 0.717) is 0 Å². The largest absolute Gasteiger partial charge is 0.0871 e. The highest BCUT2D eigenvalue weighted by molar-refractivity contribution is 6.24. The zero-order valence-corrected chi connectivity index (χ0v) is 30.6. The molecule has 256 valence electrons. The van der Waals surface area contributed by atoms with Crippen molar-refractivity contribution in [2.45, 2.75) is 13.8 Å². The maximum Gasteiger partial charge on any atom is -0.00257 e. The van der Waals surface area contributed by atoms with Gasteiger partial charge in [0.1, 0.15) is 0 Å². The van der Waals surface area contributed by atoms with Gasteiger partial charge in [0.15, 0.2) is 0 Å². The number of allylic oxidation sites excluding steroid dienone is 4. The Labute approximate surface area is 318 Å². The fraction of sp³-hybridized carbons (Fsp3) is 0.0370. The molecule has 0 aliphatic rings. The van der Waals surface area contributed by atoms with E-state index in [1.54, 1.807) is 0 Å². The Bertz CT molecular complexity index is 2800. The van der Waals surface area contributed by atoms with Crippen LogP contribution in [0, 0.1) is 0 Å². The number of hydrogen-bond donors (Lipinski definition) is 0. The molecule has 0 heteroatoms. The van der Waals surface area contributed by atoms with Gasteiger partial charge in [-0.1, -0.05) is 158 Å². The van der Waals surface area contributed by atoms with Gasteiger partial charge in [-0.15, -0.1) is 0 Å². The molecule has 0 amide bonds. The van der Waals surface area contributed by atoms with Crippen LogP contribution in [-0.2, 0) is 0 Å². The van der Waals surface area contributed by atoms with Gasteiger partial charge < -0.3 is 0 Å². The highest BCUT2D eigenvalue weighted by atomic mass is 14.2. The molecule has 0 atom stereocenters. The summed E-state index contributed by atoms with van der Waals surface area (Å²) in [7, 11) is 0. The van der Waals surface area contributed by atoms with E-state index in [1.165, 1.54) is 99.1 Å². The Kier molecular flexibility index (Phi) is 8.79. The summed E-state index contributed by atoms with van der Waals surface area (Å²) in [5, 5.41) is 7.45. The van der Waals surface area contributed by atoms with E-state index >= 15 is 0 Å². The van der Waals surface area contributed by atoms with Crippen molar-refractivity contribution in [3.05, 3.63) is 212 Å². The van der Waals surface area contributed by atoms with Crippen LogP contribution in [0.4, 0.5) is 0 Å². The molecule has 0 heterocycles. The van der Waals surface area contributed by atoms with E-state index in [4.69, 9.17) is 0 Å². The minimum Gasteiger partial charge on any atom is -0.0871 e. The van der Waals surface area contributed by atoms with Crippen molar-refractivity contribution < 1.29 is 0 Å². The third kappa shape index (κ3) is 6.12. The predicted octanol–water partition coefficient (Wildman–Crippen LogP) is 15.5. The first-order chi connectivity index (χ1) is 26.7. The Hall–Kier alpha value is -6.76. The lowest BCUT2D eigenvalue weighted by Gasteiger charge is -2.21. The van der Waals surface area contributed by atoms with Crippen LogP contribution < -0.4 is 0 Å². The average molecular weight is 689 g/mol. The molecule has 0 fully saturated rings. The summed E-state index contributed by atoms with van der Waals surface area (Å²) in [4.78, 5) is 0. The van der Waals surface area contributed by atoms with E-state index in [0.717, 1.165) is 0 Å². The maximum absolute atomic E-state index is 2.42. The Balaban J connectivity index is 1.42. The molecule has 0 unspecified atom stereocenters. The number of benzene rings is 9. The first-order valence-electron chi connectivity index (χ1n) is 18.8. The molecule has 0 spiro atoms. The minimum absolute atomic E-state index is 1.21. The molecular formula is C54H40. The van der Waals surface area contributed by atoms with Gasteiger partial charge in [-0.2, -0.15) is 0 Å². The fourth-order valence-electron chi connectivity index (χ4n) is 8.13. The van der Waals surface area contributed by atoms with E-state index in [-0.39, 0.29) is 0 Å². The van der Waals surface area contributed by atoms with Gasteiger partial charge in [0.25, 0.3) is 0 Å². The lowest BCUT2D eigenvalue weighted by atomic mass is 9.82.